The van der Waals surface area contributed by atoms with Gasteiger partial charge in [-0.25, -0.2) is 20.5 Å². The van der Waals surface area contributed by atoms with Gasteiger partial charge in [0.15, 0.2) is 0 Å². The molecule has 108 valence electrons. The molecular formula is C8H14N4O6S. The van der Waals surface area contributed by atoms with Gasteiger partial charge in [0.05, 0.1) is 25.3 Å². The molecule has 2 aliphatic rings. The molecule has 19 heavy (non-hydrogen) atoms. The first-order valence-electron chi connectivity index (χ1n) is 5.48. The zero-order chi connectivity index (χ0) is 13.5. The van der Waals surface area contributed by atoms with E-state index in [4.69, 9.17) is 19.1 Å². The SMILES string of the molecule is O=C(NOCC1CO1)NSNC(=O)NOCC1CO1. The summed E-state index contributed by atoms with van der Waals surface area (Å²) >= 11 is 0.672. The van der Waals surface area contributed by atoms with Crippen molar-refractivity contribution in [3.63, 3.8) is 0 Å². The summed E-state index contributed by atoms with van der Waals surface area (Å²) in [5.41, 5.74) is 4.25. The molecule has 0 bridgehead atoms. The molecule has 10 nitrogen and oxygen atoms in total. The monoisotopic (exact) mass is 294 g/mol. The maximum absolute atomic E-state index is 11.1. The number of hydroxylamine groups is 2. The van der Waals surface area contributed by atoms with Gasteiger partial charge in [-0.1, -0.05) is 0 Å². The molecule has 0 aromatic carbocycles. The second kappa shape index (κ2) is 7.35. The Balaban J connectivity index is 1.38. The summed E-state index contributed by atoms with van der Waals surface area (Å²) in [7, 11) is 0. The minimum atomic E-state index is -0.599. The van der Waals surface area contributed by atoms with E-state index in [1.54, 1.807) is 0 Å². The highest BCUT2D eigenvalue weighted by molar-refractivity contribution is 7.96. The van der Waals surface area contributed by atoms with E-state index in [9.17, 15) is 9.59 Å². The first-order valence-corrected chi connectivity index (χ1v) is 6.30. The quantitative estimate of drug-likeness (QED) is 0.252. The molecule has 11 heteroatoms. The molecular weight excluding hydrogens is 280 g/mol. The van der Waals surface area contributed by atoms with Gasteiger partial charge in [-0.2, -0.15) is 0 Å². The molecule has 0 aromatic heterocycles. The van der Waals surface area contributed by atoms with Gasteiger partial charge in [0, 0.05) is 0 Å². The van der Waals surface area contributed by atoms with Crippen LogP contribution in [0.15, 0.2) is 0 Å². The lowest BCUT2D eigenvalue weighted by Crippen LogP contribution is -2.38. The highest BCUT2D eigenvalue weighted by Crippen LogP contribution is 2.07. The van der Waals surface area contributed by atoms with Gasteiger partial charge in [-0.3, -0.25) is 19.1 Å². The first-order chi connectivity index (χ1) is 9.24. The summed E-state index contributed by atoms with van der Waals surface area (Å²) in [4.78, 5) is 31.8. The number of ether oxygens (including phenoxy) is 2. The summed E-state index contributed by atoms with van der Waals surface area (Å²) in [6.07, 6.45) is 0.119. The first kappa shape index (κ1) is 14.1. The predicted molar refractivity (Wildman–Crippen MR) is 62.3 cm³/mol. The molecule has 2 saturated heterocycles. The van der Waals surface area contributed by atoms with E-state index in [1.165, 1.54) is 0 Å². The molecule has 0 spiro atoms. The van der Waals surface area contributed by atoms with Crippen LogP contribution in [0.4, 0.5) is 9.59 Å². The van der Waals surface area contributed by atoms with Crippen molar-refractivity contribution >= 4 is 24.2 Å². The number of amides is 4. The molecule has 4 N–H and O–H groups in total. The number of carbonyl (C=O) groups excluding carboxylic acids is 2. The fraction of sp³-hybridized carbons (Fsp3) is 0.750. The third-order valence-electron chi connectivity index (χ3n) is 1.96. The Bertz CT molecular complexity index is 294. The number of carbonyl (C=O) groups is 2. The summed E-state index contributed by atoms with van der Waals surface area (Å²) in [6, 6.07) is -1.20. The van der Waals surface area contributed by atoms with Gasteiger partial charge in [0.1, 0.15) is 25.4 Å². The lowest BCUT2D eigenvalue weighted by molar-refractivity contribution is 0.0519. The number of epoxide rings is 2. The van der Waals surface area contributed by atoms with Crippen molar-refractivity contribution in [2.75, 3.05) is 26.4 Å². The van der Waals surface area contributed by atoms with Gasteiger partial charge >= 0.3 is 12.1 Å². The lowest BCUT2D eigenvalue weighted by Gasteiger charge is -2.07. The highest BCUT2D eigenvalue weighted by Gasteiger charge is 2.23. The highest BCUT2D eigenvalue weighted by atomic mass is 32.2. The van der Waals surface area contributed by atoms with Crippen LogP contribution >= 0.6 is 12.1 Å². The summed E-state index contributed by atoms with van der Waals surface area (Å²) in [5, 5.41) is 0. The van der Waals surface area contributed by atoms with Crippen molar-refractivity contribution in [2.45, 2.75) is 12.2 Å². The van der Waals surface area contributed by atoms with E-state index >= 15 is 0 Å². The molecule has 2 rings (SSSR count). The normalized spacial score (nSPS) is 23.4. The third kappa shape index (κ3) is 7.03. The van der Waals surface area contributed by atoms with Crippen LogP contribution in [0.2, 0.25) is 0 Å². The van der Waals surface area contributed by atoms with E-state index < -0.39 is 12.1 Å². The zero-order valence-electron chi connectivity index (χ0n) is 9.84. The van der Waals surface area contributed by atoms with Crippen LogP contribution < -0.4 is 20.4 Å². The van der Waals surface area contributed by atoms with Crippen LogP contribution in [0.1, 0.15) is 0 Å². The fourth-order valence-electron chi connectivity index (χ4n) is 0.889. The smallest absolute Gasteiger partial charge is 0.350 e. The number of urea groups is 2. The van der Waals surface area contributed by atoms with E-state index in [-0.39, 0.29) is 12.2 Å². The maximum Gasteiger partial charge on any atom is 0.350 e. The Kier molecular flexibility index (Phi) is 5.47. The molecule has 2 unspecified atom stereocenters. The van der Waals surface area contributed by atoms with Gasteiger partial charge < -0.3 is 9.47 Å². The molecule has 0 aromatic rings. The van der Waals surface area contributed by atoms with Crippen LogP contribution in [0, 0.1) is 0 Å². The second-order valence-corrected chi connectivity index (χ2v) is 4.31. The number of hydrogen-bond donors (Lipinski definition) is 4. The standard InChI is InChI=1S/C8H14N4O6S/c13-7(9-17-3-5-1-15-5)11-19-12-8(14)10-18-4-6-2-16-6/h5-6H,1-4H2,(H2,9,11,13)(H2,10,12,14). The Morgan fingerprint density at radius 3 is 1.79 bits per heavy atom. The van der Waals surface area contributed by atoms with Crippen LogP contribution in [-0.2, 0) is 19.1 Å². The molecule has 2 atom stereocenters. The van der Waals surface area contributed by atoms with Gasteiger partial charge in [0.2, 0.25) is 0 Å². The van der Waals surface area contributed by atoms with Crippen LogP contribution in [0.25, 0.3) is 0 Å². The Morgan fingerprint density at radius 1 is 1.00 bits per heavy atom. The van der Waals surface area contributed by atoms with E-state index in [0.29, 0.717) is 38.6 Å². The van der Waals surface area contributed by atoms with E-state index in [2.05, 4.69) is 20.4 Å². The van der Waals surface area contributed by atoms with E-state index in [1.807, 2.05) is 0 Å². The Morgan fingerprint density at radius 2 is 1.42 bits per heavy atom. The van der Waals surface area contributed by atoms with Crippen LogP contribution in [0.3, 0.4) is 0 Å². The average molecular weight is 294 g/mol. The minimum Gasteiger partial charge on any atom is -0.371 e. The lowest BCUT2D eigenvalue weighted by atomic mass is 10.5. The van der Waals surface area contributed by atoms with Crippen molar-refractivity contribution in [3.8, 4) is 0 Å². The minimum absolute atomic E-state index is 0.0597. The van der Waals surface area contributed by atoms with Crippen LogP contribution in [0.5, 0.6) is 0 Å². The second-order valence-electron chi connectivity index (χ2n) is 3.70. The Labute approximate surface area is 113 Å². The molecule has 0 saturated carbocycles. The van der Waals surface area contributed by atoms with Crippen molar-refractivity contribution < 1.29 is 28.7 Å². The summed E-state index contributed by atoms with van der Waals surface area (Å²) in [6.45, 7) is 1.88. The topological polar surface area (TPSA) is 126 Å². The number of rotatable bonds is 8. The van der Waals surface area contributed by atoms with Gasteiger partial charge in [-0.15, -0.1) is 0 Å². The molecule has 0 radical (unpaired) electrons. The third-order valence-corrected chi connectivity index (χ3v) is 2.54. The van der Waals surface area contributed by atoms with Crippen molar-refractivity contribution in [1.82, 2.24) is 20.4 Å². The number of hydrogen-bond acceptors (Lipinski definition) is 7. The van der Waals surface area contributed by atoms with Gasteiger partial charge in [0.25, 0.3) is 0 Å². The maximum atomic E-state index is 11.1. The molecule has 2 fully saturated rings. The predicted octanol–water partition coefficient (Wildman–Crippen LogP) is -1.19. The molecule has 2 aliphatic heterocycles. The molecule has 4 amide bonds. The van der Waals surface area contributed by atoms with Crippen LogP contribution in [-0.4, -0.2) is 50.7 Å². The zero-order valence-corrected chi connectivity index (χ0v) is 10.7. The van der Waals surface area contributed by atoms with Crippen molar-refractivity contribution in [2.24, 2.45) is 0 Å². The average Bonchev–Trinajstić information content (AvgIpc) is 3.24. The summed E-state index contributed by atoms with van der Waals surface area (Å²) < 4.78 is 14.3. The molecule has 0 aliphatic carbocycles. The van der Waals surface area contributed by atoms with E-state index in [0.717, 1.165) is 0 Å². The molecule has 2 heterocycles. The fourth-order valence-corrected chi connectivity index (χ4v) is 1.21. The van der Waals surface area contributed by atoms with Gasteiger partial charge in [-0.05, 0) is 0 Å². The number of nitrogens with one attached hydrogen (secondary N) is 4. The largest absolute Gasteiger partial charge is 0.371 e. The Hall–Kier alpha value is -1.27. The van der Waals surface area contributed by atoms with Crippen molar-refractivity contribution in [1.29, 1.82) is 0 Å². The van der Waals surface area contributed by atoms with Crippen molar-refractivity contribution in [3.05, 3.63) is 0 Å². The summed E-state index contributed by atoms with van der Waals surface area (Å²) in [5.74, 6) is 0.